The molecule has 1 atom stereocenters. The van der Waals surface area contributed by atoms with E-state index in [1.165, 1.54) is 6.07 Å². The van der Waals surface area contributed by atoms with Crippen molar-refractivity contribution in [2.75, 3.05) is 6.54 Å². The minimum atomic E-state index is -4.36. The number of hydrogen-bond acceptors (Lipinski definition) is 3. The van der Waals surface area contributed by atoms with E-state index in [4.69, 9.17) is 10.2 Å². The van der Waals surface area contributed by atoms with Gasteiger partial charge in [-0.25, -0.2) is 4.98 Å². The summed E-state index contributed by atoms with van der Waals surface area (Å²) in [4.78, 5) is 4.08. The number of halogens is 3. The predicted octanol–water partition coefficient (Wildman–Crippen LogP) is 3.30. The van der Waals surface area contributed by atoms with Crippen LogP contribution in [-0.4, -0.2) is 11.5 Å². The van der Waals surface area contributed by atoms with Gasteiger partial charge >= 0.3 is 6.18 Å². The monoisotopic (exact) mass is 258 g/mol. The predicted molar refractivity (Wildman–Crippen MR) is 61.1 cm³/mol. The molecule has 0 saturated heterocycles. The second-order valence-corrected chi connectivity index (χ2v) is 4.21. The molecule has 2 aromatic rings. The van der Waals surface area contributed by atoms with Gasteiger partial charge in [0.1, 0.15) is 5.52 Å². The van der Waals surface area contributed by atoms with E-state index in [1.54, 1.807) is 0 Å². The topological polar surface area (TPSA) is 52.0 Å². The first-order valence-corrected chi connectivity index (χ1v) is 5.59. The molecule has 0 aliphatic carbocycles. The van der Waals surface area contributed by atoms with Crippen LogP contribution in [0.25, 0.3) is 11.1 Å². The van der Waals surface area contributed by atoms with E-state index < -0.39 is 11.7 Å². The van der Waals surface area contributed by atoms with Crippen molar-refractivity contribution in [3.05, 3.63) is 29.7 Å². The molecule has 3 nitrogen and oxygen atoms in total. The van der Waals surface area contributed by atoms with E-state index in [9.17, 15) is 13.2 Å². The molecule has 0 spiro atoms. The Labute approximate surface area is 102 Å². The number of nitrogens with zero attached hydrogens (tertiary/aromatic N) is 1. The highest BCUT2D eigenvalue weighted by Gasteiger charge is 2.31. The van der Waals surface area contributed by atoms with Crippen LogP contribution in [0.1, 0.15) is 30.7 Å². The number of alkyl halides is 3. The molecule has 0 aliphatic heterocycles. The molecule has 0 amide bonds. The zero-order valence-electron chi connectivity index (χ0n) is 9.79. The van der Waals surface area contributed by atoms with Gasteiger partial charge in [0, 0.05) is 5.92 Å². The van der Waals surface area contributed by atoms with Gasteiger partial charge in [-0.2, -0.15) is 13.2 Å². The highest BCUT2D eigenvalue weighted by atomic mass is 19.4. The van der Waals surface area contributed by atoms with E-state index in [2.05, 4.69) is 4.98 Å². The smallest absolute Gasteiger partial charge is 0.416 e. The number of fused-ring (bicyclic) bond motifs is 1. The van der Waals surface area contributed by atoms with Crippen LogP contribution in [-0.2, 0) is 6.18 Å². The normalized spacial score (nSPS) is 14.1. The van der Waals surface area contributed by atoms with Crippen molar-refractivity contribution < 1.29 is 17.6 Å². The van der Waals surface area contributed by atoms with Crippen molar-refractivity contribution >= 4 is 11.1 Å². The van der Waals surface area contributed by atoms with Crippen LogP contribution < -0.4 is 5.73 Å². The van der Waals surface area contributed by atoms with Gasteiger partial charge in [-0.3, -0.25) is 0 Å². The molecule has 6 heteroatoms. The fourth-order valence-corrected chi connectivity index (χ4v) is 1.71. The number of benzene rings is 1. The summed E-state index contributed by atoms with van der Waals surface area (Å²) in [7, 11) is 0. The molecule has 0 radical (unpaired) electrons. The molecule has 0 aliphatic rings. The minimum Gasteiger partial charge on any atom is -0.440 e. The molecule has 2 N–H and O–H groups in total. The summed E-state index contributed by atoms with van der Waals surface area (Å²) < 4.78 is 43.0. The van der Waals surface area contributed by atoms with Gasteiger partial charge in [0.15, 0.2) is 11.5 Å². The quantitative estimate of drug-likeness (QED) is 0.919. The number of hydrogen-bond donors (Lipinski definition) is 1. The molecule has 0 saturated carbocycles. The van der Waals surface area contributed by atoms with E-state index in [0.717, 1.165) is 12.1 Å². The molecule has 1 heterocycles. The SMILES string of the molecule is CC(CCN)c1nc2cc(C(F)(F)F)ccc2o1. The summed E-state index contributed by atoms with van der Waals surface area (Å²) in [6.45, 7) is 2.36. The molecule has 1 aromatic carbocycles. The van der Waals surface area contributed by atoms with Crippen LogP contribution in [0.4, 0.5) is 13.2 Å². The fourth-order valence-electron chi connectivity index (χ4n) is 1.71. The molecular formula is C12H13F3N2O. The third-order valence-electron chi connectivity index (χ3n) is 2.75. The number of rotatable bonds is 3. The first kappa shape index (κ1) is 12.9. The Balaban J connectivity index is 2.40. The molecule has 2 rings (SSSR count). The Morgan fingerprint density at radius 2 is 2.11 bits per heavy atom. The third-order valence-corrected chi connectivity index (χ3v) is 2.75. The summed E-state index contributed by atoms with van der Waals surface area (Å²) in [6.07, 6.45) is -3.69. The highest BCUT2D eigenvalue weighted by Crippen LogP contribution is 2.32. The van der Waals surface area contributed by atoms with Crippen LogP contribution in [0.3, 0.4) is 0 Å². The van der Waals surface area contributed by atoms with Crippen LogP contribution in [0.2, 0.25) is 0 Å². The fraction of sp³-hybridized carbons (Fsp3) is 0.417. The highest BCUT2D eigenvalue weighted by molar-refractivity contribution is 5.73. The van der Waals surface area contributed by atoms with Crippen molar-refractivity contribution in [3.63, 3.8) is 0 Å². The van der Waals surface area contributed by atoms with Crippen LogP contribution in [0.15, 0.2) is 22.6 Å². The first-order chi connectivity index (χ1) is 8.41. The number of oxazole rings is 1. The van der Waals surface area contributed by atoms with Crippen molar-refractivity contribution in [1.29, 1.82) is 0 Å². The Kier molecular flexibility index (Phi) is 3.30. The molecule has 1 aromatic heterocycles. The Morgan fingerprint density at radius 3 is 2.72 bits per heavy atom. The Bertz CT molecular complexity index is 548. The van der Waals surface area contributed by atoms with Crippen molar-refractivity contribution in [3.8, 4) is 0 Å². The lowest BCUT2D eigenvalue weighted by molar-refractivity contribution is -0.137. The lowest BCUT2D eigenvalue weighted by Gasteiger charge is -2.04. The molecule has 18 heavy (non-hydrogen) atoms. The zero-order chi connectivity index (χ0) is 13.3. The summed E-state index contributed by atoms with van der Waals surface area (Å²) >= 11 is 0. The average molecular weight is 258 g/mol. The maximum atomic E-state index is 12.5. The molecular weight excluding hydrogens is 245 g/mol. The van der Waals surface area contributed by atoms with Crippen molar-refractivity contribution in [2.24, 2.45) is 5.73 Å². The van der Waals surface area contributed by atoms with Crippen molar-refractivity contribution in [1.82, 2.24) is 4.98 Å². The molecule has 1 unspecified atom stereocenters. The third kappa shape index (κ3) is 2.48. The maximum absolute atomic E-state index is 12.5. The molecule has 0 fully saturated rings. The second-order valence-electron chi connectivity index (χ2n) is 4.21. The van der Waals surface area contributed by atoms with Crippen LogP contribution in [0.5, 0.6) is 0 Å². The Morgan fingerprint density at radius 1 is 1.39 bits per heavy atom. The summed E-state index contributed by atoms with van der Waals surface area (Å²) in [5.41, 5.74) is 5.29. The van der Waals surface area contributed by atoms with Gasteiger partial charge in [-0.05, 0) is 31.2 Å². The van der Waals surface area contributed by atoms with Gasteiger partial charge < -0.3 is 10.2 Å². The zero-order valence-corrected chi connectivity index (χ0v) is 9.79. The summed E-state index contributed by atoms with van der Waals surface area (Å²) in [5.74, 6) is 0.423. The number of nitrogens with two attached hydrogens (primary N) is 1. The van der Waals surface area contributed by atoms with Gasteiger partial charge in [0.05, 0.1) is 5.56 Å². The van der Waals surface area contributed by atoms with E-state index in [-0.39, 0.29) is 11.4 Å². The van der Waals surface area contributed by atoms with E-state index >= 15 is 0 Å². The van der Waals surface area contributed by atoms with Gasteiger partial charge in [-0.1, -0.05) is 6.92 Å². The van der Waals surface area contributed by atoms with Crippen LogP contribution in [0, 0.1) is 0 Å². The molecule has 98 valence electrons. The summed E-state index contributed by atoms with van der Waals surface area (Å²) in [5, 5.41) is 0. The lowest BCUT2D eigenvalue weighted by atomic mass is 10.1. The van der Waals surface area contributed by atoms with Gasteiger partial charge in [0.25, 0.3) is 0 Å². The lowest BCUT2D eigenvalue weighted by Crippen LogP contribution is -2.04. The van der Waals surface area contributed by atoms with E-state index in [1.807, 2.05) is 6.92 Å². The summed E-state index contributed by atoms with van der Waals surface area (Å²) in [6, 6.07) is 3.28. The van der Waals surface area contributed by atoms with Gasteiger partial charge in [0.2, 0.25) is 0 Å². The minimum absolute atomic E-state index is 0.00302. The number of aromatic nitrogens is 1. The van der Waals surface area contributed by atoms with Crippen molar-refractivity contribution in [2.45, 2.75) is 25.4 Å². The first-order valence-electron chi connectivity index (χ1n) is 5.59. The standard InChI is InChI=1S/C12H13F3N2O/c1-7(4-5-16)11-17-9-6-8(12(13,14)15)2-3-10(9)18-11/h2-3,6-7H,4-5,16H2,1H3. The Hall–Kier alpha value is -1.56. The molecule has 0 bridgehead atoms. The maximum Gasteiger partial charge on any atom is 0.416 e. The average Bonchev–Trinajstić information content (AvgIpc) is 2.70. The largest absolute Gasteiger partial charge is 0.440 e. The second kappa shape index (κ2) is 4.61. The van der Waals surface area contributed by atoms with E-state index in [0.29, 0.717) is 24.4 Å². The van der Waals surface area contributed by atoms with Crippen LogP contribution >= 0.6 is 0 Å². The van der Waals surface area contributed by atoms with Gasteiger partial charge in [-0.15, -0.1) is 0 Å².